The number of unbranched alkanes of at least 4 members (excludes halogenated alkanes) is 6. The van der Waals surface area contributed by atoms with Gasteiger partial charge in [0.2, 0.25) is 0 Å². The van der Waals surface area contributed by atoms with Crippen LogP contribution in [0.4, 0.5) is 0 Å². The maximum atomic E-state index is 8.79. The summed E-state index contributed by atoms with van der Waals surface area (Å²) in [6.07, 6.45) is 19.4. The molecule has 0 atom stereocenters. The summed E-state index contributed by atoms with van der Waals surface area (Å²) in [6.45, 7) is 2.36. The summed E-state index contributed by atoms with van der Waals surface area (Å²) in [4.78, 5) is 0. The summed E-state index contributed by atoms with van der Waals surface area (Å²) in [7, 11) is 0. The molecule has 0 bridgehead atoms. The Morgan fingerprint density at radius 3 is 1.17 bits per heavy atom. The van der Waals surface area contributed by atoms with E-state index in [4.69, 9.17) is 24.4 Å². The van der Waals surface area contributed by atoms with Crippen molar-refractivity contribution >= 4 is 0 Å². The zero-order chi connectivity index (χ0) is 20.6. The summed E-state index contributed by atoms with van der Waals surface area (Å²) in [5, 5.41) is 17.6. The minimum Gasteiger partial charge on any atom is -0.396 e. The molecule has 2 N–H and O–H groups in total. The lowest BCUT2D eigenvalue weighted by molar-refractivity contribution is -0.0879. The third kappa shape index (κ3) is 11.7. The van der Waals surface area contributed by atoms with Crippen molar-refractivity contribution in [3.63, 3.8) is 0 Å². The SMILES string of the molecule is OCCCCCCOC1CCC(OC2CCC(OCCCCCCO)CC2)CC1. The first-order valence-corrected chi connectivity index (χ1v) is 12.4. The predicted octanol–water partition coefficient (Wildman–Crippen LogP) is 4.76. The number of aliphatic hydroxyl groups is 2. The second-order valence-corrected chi connectivity index (χ2v) is 8.95. The second kappa shape index (κ2) is 16.5. The molecule has 2 fully saturated rings. The molecule has 0 unspecified atom stereocenters. The van der Waals surface area contributed by atoms with Gasteiger partial charge in [0.25, 0.3) is 0 Å². The molecule has 0 aromatic heterocycles. The Morgan fingerprint density at radius 2 is 0.793 bits per heavy atom. The van der Waals surface area contributed by atoms with Crippen LogP contribution < -0.4 is 0 Å². The van der Waals surface area contributed by atoms with Crippen LogP contribution in [-0.4, -0.2) is 61.1 Å². The van der Waals surface area contributed by atoms with Gasteiger partial charge in [0.15, 0.2) is 0 Å². The van der Waals surface area contributed by atoms with Gasteiger partial charge in [-0.15, -0.1) is 0 Å². The van der Waals surface area contributed by atoms with Crippen molar-refractivity contribution in [1.82, 2.24) is 0 Å². The van der Waals surface area contributed by atoms with Crippen molar-refractivity contribution in [2.45, 2.75) is 127 Å². The molecule has 29 heavy (non-hydrogen) atoms. The van der Waals surface area contributed by atoms with Crippen LogP contribution in [-0.2, 0) is 14.2 Å². The van der Waals surface area contributed by atoms with Crippen molar-refractivity contribution in [2.24, 2.45) is 0 Å². The number of hydrogen-bond donors (Lipinski definition) is 2. The Labute approximate surface area is 178 Å². The molecule has 2 saturated carbocycles. The van der Waals surface area contributed by atoms with Crippen LogP contribution in [0.15, 0.2) is 0 Å². The summed E-state index contributed by atoms with van der Waals surface area (Å²) in [6, 6.07) is 0. The van der Waals surface area contributed by atoms with Crippen molar-refractivity contribution in [3.05, 3.63) is 0 Å². The lowest BCUT2D eigenvalue weighted by atomic mass is 9.92. The highest BCUT2D eigenvalue weighted by molar-refractivity contribution is 4.78. The Balaban J connectivity index is 1.44. The van der Waals surface area contributed by atoms with E-state index in [9.17, 15) is 0 Å². The predicted molar refractivity (Wildman–Crippen MR) is 116 cm³/mol. The normalized spacial score (nSPS) is 27.9. The van der Waals surface area contributed by atoms with E-state index in [1.165, 1.54) is 0 Å². The average Bonchev–Trinajstić information content (AvgIpc) is 2.75. The van der Waals surface area contributed by atoms with Crippen LogP contribution in [0.25, 0.3) is 0 Å². The molecular formula is C24H46O5. The molecule has 0 radical (unpaired) electrons. The average molecular weight is 415 g/mol. The zero-order valence-corrected chi connectivity index (χ0v) is 18.6. The molecule has 0 aromatic rings. The molecule has 0 aliphatic heterocycles. The van der Waals surface area contributed by atoms with E-state index in [0.717, 1.165) is 116 Å². The van der Waals surface area contributed by atoms with Gasteiger partial charge in [-0.1, -0.05) is 25.7 Å². The first-order chi connectivity index (χ1) is 14.3. The molecule has 5 heteroatoms. The molecule has 2 aliphatic rings. The van der Waals surface area contributed by atoms with Gasteiger partial charge in [0.05, 0.1) is 24.4 Å². The smallest absolute Gasteiger partial charge is 0.0580 e. The third-order valence-electron chi connectivity index (χ3n) is 6.44. The monoisotopic (exact) mass is 414 g/mol. The van der Waals surface area contributed by atoms with E-state index in [1.807, 2.05) is 0 Å². The molecular weight excluding hydrogens is 368 g/mol. The summed E-state index contributed by atoms with van der Waals surface area (Å²) >= 11 is 0. The molecule has 0 spiro atoms. The Kier molecular flexibility index (Phi) is 14.2. The molecule has 0 saturated heterocycles. The van der Waals surface area contributed by atoms with Gasteiger partial charge >= 0.3 is 0 Å². The van der Waals surface area contributed by atoms with Crippen LogP contribution >= 0.6 is 0 Å². The topological polar surface area (TPSA) is 68.2 Å². The fourth-order valence-corrected chi connectivity index (χ4v) is 4.58. The van der Waals surface area contributed by atoms with Gasteiger partial charge in [-0.2, -0.15) is 0 Å². The van der Waals surface area contributed by atoms with Gasteiger partial charge in [-0.05, 0) is 77.0 Å². The van der Waals surface area contributed by atoms with E-state index in [0.29, 0.717) is 37.6 Å². The molecule has 0 heterocycles. The maximum Gasteiger partial charge on any atom is 0.0580 e. The lowest BCUT2D eigenvalue weighted by Gasteiger charge is -2.34. The van der Waals surface area contributed by atoms with Gasteiger partial charge in [0.1, 0.15) is 0 Å². The highest BCUT2D eigenvalue weighted by Crippen LogP contribution is 2.29. The van der Waals surface area contributed by atoms with Gasteiger partial charge < -0.3 is 24.4 Å². The van der Waals surface area contributed by atoms with Crippen LogP contribution in [0.3, 0.4) is 0 Å². The molecule has 172 valence electrons. The number of rotatable bonds is 16. The van der Waals surface area contributed by atoms with Crippen LogP contribution in [0, 0.1) is 0 Å². The molecule has 5 nitrogen and oxygen atoms in total. The first kappa shape index (κ1) is 25.1. The highest BCUT2D eigenvalue weighted by atomic mass is 16.5. The maximum absolute atomic E-state index is 8.79. The lowest BCUT2D eigenvalue weighted by Crippen LogP contribution is -2.33. The van der Waals surface area contributed by atoms with E-state index in [2.05, 4.69) is 0 Å². The van der Waals surface area contributed by atoms with Crippen LogP contribution in [0.2, 0.25) is 0 Å². The number of hydrogen-bond acceptors (Lipinski definition) is 5. The van der Waals surface area contributed by atoms with Gasteiger partial charge in [-0.25, -0.2) is 0 Å². The van der Waals surface area contributed by atoms with Crippen molar-refractivity contribution in [3.8, 4) is 0 Å². The van der Waals surface area contributed by atoms with E-state index in [-0.39, 0.29) is 0 Å². The molecule has 2 aliphatic carbocycles. The fraction of sp³-hybridized carbons (Fsp3) is 1.00. The highest BCUT2D eigenvalue weighted by Gasteiger charge is 2.27. The minimum atomic E-state index is 0.311. The van der Waals surface area contributed by atoms with Crippen molar-refractivity contribution in [2.75, 3.05) is 26.4 Å². The second-order valence-electron chi connectivity index (χ2n) is 8.95. The Hall–Kier alpha value is -0.200. The number of aliphatic hydroxyl groups excluding tert-OH is 2. The van der Waals surface area contributed by atoms with Crippen LogP contribution in [0.1, 0.15) is 103 Å². The van der Waals surface area contributed by atoms with Crippen molar-refractivity contribution < 1.29 is 24.4 Å². The standard InChI is InChI=1S/C24H46O5/c25-17-5-1-3-7-19-27-21-9-13-23(14-10-21)29-24-15-11-22(12-16-24)28-20-8-4-2-6-18-26/h21-26H,1-20H2. The Bertz CT molecular complexity index is 328. The fourth-order valence-electron chi connectivity index (χ4n) is 4.58. The minimum absolute atomic E-state index is 0.311. The summed E-state index contributed by atoms with van der Waals surface area (Å²) in [5.41, 5.74) is 0. The molecule has 0 aromatic carbocycles. The van der Waals surface area contributed by atoms with E-state index < -0.39 is 0 Å². The van der Waals surface area contributed by atoms with Gasteiger partial charge in [-0.3, -0.25) is 0 Å². The molecule has 0 amide bonds. The summed E-state index contributed by atoms with van der Waals surface area (Å²) < 4.78 is 18.5. The zero-order valence-electron chi connectivity index (χ0n) is 18.6. The largest absolute Gasteiger partial charge is 0.396 e. The Morgan fingerprint density at radius 1 is 0.448 bits per heavy atom. The van der Waals surface area contributed by atoms with Crippen molar-refractivity contribution in [1.29, 1.82) is 0 Å². The number of ether oxygens (including phenoxy) is 3. The molecule has 2 rings (SSSR count). The van der Waals surface area contributed by atoms with Crippen LogP contribution in [0.5, 0.6) is 0 Å². The van der Waals surface area contributed by atoms with Gasteiger partial charge in [0, 0.05) is 26.4 Å². The third-order valence-corrected chi connectivity index (χ3v) is 6.44. The quantitative estimate of drug-likeness (QED) is 0.356. The van der Waals surface area contributed by atoms with E-state index in [1.54, 1.807) is 0 Å². The first-order valence-electron chi connectivity index (χ1n) is 12.4. The summed E-state index contributed by atoms with van der Waals surface area (Å²) in [5.74, 6) is 0. The van der Waals surface area contributed by atoms with E-state index >= 15 is 0 Å².